The van der Waals surface area contributed by atoms with Crippen LogP contribution in [-0.4, -0.2) is 46.1 Å². The van der Waals surface area contributed by atoms with Crippen molar-refractivity contribution < 1.29 is 4.74 Å². The molecule has 134 valence electrons. The number of aromatic amines is 1. The summed E-state index contributed by atoms with van der Waals surface area (Å²) in [5, 5.41) is 13.1. The minimum atomic E-state index is 0.465. The quantitative estimate of drug-likeness (QED) is 0.516. The summed E-state index contributed by atoms with van der Waals surface area (Å²) in [7, 11) is 1.85. The molecule has 1 N–H and O–H groups in total. The maximum Gasteiger partial charge on any atom is 0.228 e. The van der Waals surface area contributed by atoms with Crippen LogP contribution in [0.4, 0.5) is 0 Å². The topological polar surface area (TPSA) is 99.3 Å². The number of nitrogens with zero attached hydrogens (tertiary/aromatic N) is 7. The Hall–Kier alpha value is -3.75. The first-order valence-corrected chi connectivity index (χ1v) is 8.50. The van der Waals surface area contributed by atoms with Crippen LogP contribution in [0.25, 0.3) is 33.3 Å². The van der Waals surface area contributed by atoms with Gasteiger partial charge in [0.25, 0.3) is 0 Å². The van der Waals surface area contributed by atoms with Crippen LogP contribution in [0.5, 0.6) is 5.88 Å². The second kappa shape index (κ2) is 6.20. The fourth-order valence-corrected chi connectivity index (χ4v) is 3.06. The molecule has 0 saturated heterocycles. The van der Waals surface area contributed by atoms with Crippen molar-refractivity contribution in [3.8, 4) is 17.3 Å². The molecule has 5 rings (SSSR count). The number of benzene rings is 1. The molecule has 0 spiro atoms. The monoisotopic (exact) mass is 360 g/mol. The minimum absolute atomic E-state index is 0.465. The summed E-state index contributed by atoms with van der Waals surface area (Å²) >= 11 is 0. The van der Waals surface area contributed by atoms with Gasteiger partial charge in [0.1, 0.15) is 12.0 Å². The van der Waals surface area contributed by atoms with Gasteiger partial charge in [-0.3, -0.25) is 9.78 Å². The van der Waals surface area contributed by atoms with Crippen LogP contribution in [0.3, 0.4) is 0 Å². The molecule has 9 heteroatoms. The molecule has 0 aliphatic heterocycles. The second-order valence-corrected chi connectivity index (χ2v) is 6.14. The molecule has 0 aliphatic rings. The van der Waals surface area contributed by atoms with Crippen LogP contribution in [0.1, 0.15) is 0 Å². The molecule has 0 amide bonds. The third-order valence-electron chi connectivity index (χ3n) is 4.43. The third kappa shape index (κ3) is 2.69. The Morgan fingerprint density at radius 3 is 3.00 bits per heavy atom. The van der Waals surface area contributed by atoms with Crippen molar-refractivity contribution >= 4 is 21.9 Å². The van der Waals surface area contributed by atoms with Gasteiger partial charge in [-0.15, -0.1) is 0 Å². The van der Waals surface area contributed by atoms with Gasteiger partial charge in [0.2, 0.25) is 5.88 Å². The molecular formula is C18H16N8O. The fourth-order valence-electron chi connectivity index (χ4n) is 3.06. The lowest BCUT2D eigenvalue weighted by molar-refractivity contribution is 0.291. The van der Waals surface area contributed by atoms with Crippen molar-refractivity contribution in [3.05, 3.63) is 49.3 Å². The van der Waals surface area contributed by atoms with Gasteiger partial charge in [0.15, 0.2) is 11.5 Å². The van der Waals surface area contributed by atoms with E-state index in [1.807, 2.05) is 36.0 Å². The van der Waals surface area contributed by atoms with E-state index in [0.717, 1.165) is 27.5 Å². The maximum atomic E-state index is 5.99. The number of rotatable bonds is 5. The van der Waals surface area contributed by atoms with E-state index in [2.05, 4.69) is 25.3 Å². The van der Waals surface area contributed by atoms with Gasteiger partial charge < -0.3 is 9.30 Å². The highest BCUT2D eigenvalue weighted by atomic mass is 16.5. The standard InChI is InChI=1S/C18H16N8O/c1-25-17-14(10-21-25)18(27-8-7-26-6-5-19-11-26)23-16(22-17)12-3-2-4-15-13(12)9-20-24-15/h2-6,9-11H,7-8H2,1H3,(H,20,24). The van der Waals surface area contributed by atoms with Crippen LogP contribution in [0, 0.1) is 0 Å². The molecule has 0 aliphatic carbocycles. The second-order valence-electron chi connectivity index (χ2n) is 6.14. The Bertz CT molecular complexity index is 1220. The molecular weight excluding hydrogens is 344 g/mol. The van der Waals surface area contributed by atoms with E-state index in [1.165, 1.54) is 0 Å². The van der Waals surface area contributed by atoms with E-state index in [4.69, 9.17) is 9.72 Å². The molecule has 0 bridgehead atoms. The predicted octanol–water partition coefficient (Wildman–Crippen LogP) is 2.18. The summed E-state index contributed by atoms with van der Waals surface area (Å²) in [4.78, 5) is 13.4. The van der Waals surface area contributed by atoms with Gasteiger partial charge in [-0.1, -0.05) is 12.1 Å². The van der Waals surface area contributed by atoms with E-state index < -0.39 is 0 Å². The van der Waals surface area contributed by atoms with Gasteiger partial charge in [0.05, 0.1) is 30.8 Å². The largest absolute Gasteiger partial charge is 0.475 e. The Balaban J connectivity index is 1.57. The van der Waals surface area contributed by atoms with Crippen molar-refractivity contribution in [2.75, 3.05) is 6.61 Å². The van der Waals surface area contributed by atoms with Crippen LogP contribution in [0.2, 0.25) is 0 Å². The highest BCUT2D eigenvalue weighted by Crippen LogP contribution is 2.29. The lowest BCUT2D eigenvalue weighted by Crippen LogP contribution is -2.08. The summed E-state index contributed by atoms with van der Waals surface area (Å²) < 4.78 is 9.66. The van der Waals surface area contributed by atoms with Crippen molar-refractivity contribution in [3.63, 3.8) is 0 Å². The van der Waals surface area contributed by atoms with E-state index in [0.29, 0.717) is 24.9 Å². The summed E-state index contributed by atoms with van der Waals surface area (Å²) in [6, 6.07) is 5.90. The minimum Gasteiger partial charge on any atom is -0.475 e. The van der Waals surface area contributed by atoms with Gasteiger partial charge in [-0.05, 0) is 6.07 Å². The fraction of sp³-hybridized carbons (Fsp3) is 0.167. The third-order valence-corrected chi connectivity index (χ3v) is 4.43. The molecule has 0 unspecified atom stereocenters. The molecule has 0 radical (unpaired) electrons. The number of nitrogens with one attached hydrogen (secondary N) is 1. The first kappa shape index (κ1) is 15.5. The van der Waals surface area contributed by atoms with E-state index in [9.17, 15) is 0 Å². The number of aryl methyl sites for hydroxylation is 1. The Kier molecular flexibility index (Phi) is 3.56. The summed E-state index contributed by atoms with van der Waals surface area (Å²) in [5.74, 6) is 1.10. The van der Waals surface area contributed by atoms with Crippen molar-refractivity contribution in [1.29, 1.82) is 0 Å². The smallest absolute Gasteiger partial charge is 0.228 e. The first-order valence-electron chi connectivity index (χ1n) is 8.50. The number of H-pyrrole nitrogens is 1. The Morgan fingerprint density at radius 2 is 2.11 bits per heavy atom. The van der Waals surface area contributed by atoms with Crippen molar-refractivity contribution in [1.82, 2.24) is 39.5 Å². The summed E-state index contributed by atoms with van der Waals surface area (Å²) in [5.41, 5.74) is 2.55. The SMILES string of the molecule is Cn1ncc2c(OCCn3ccnc3)nc(-c3cccc4[nH]ncc34)nc21. The Labute approximate surface area is 153 Å². The Morgan fingerprint density at radius 1 is 1.15 bits per heavy atom. The van der Waals surface area contributed by atoms with Crippen LogP contribution >= 0.6 is 0 Å². The average molecular weight is 360 g/mol. The molecule has 0 saturated carbocycles. The number of imidazole rings is 1. The highest BCUT2D eigenvalue weighted by Gasteiger charge is 2.16. The molecule has 4 aromatic heterocycles. The molecule has 27 heavy (non-hydrogen) atoms. The first-order chi connectivity index (χ1) is 13.3. The lowest BCUT2D eigenvalue weighted by Gasteiger charge is -2.09. The normalized spacial score (nSPS) is 11.4. The van der Waals surface area contributed by atoms with Crippen LogP contribution < -0.4 is 4.74 Å². The number of aromatic nitrogens is 8. The number of ether oxygens (including phenoxy) is 1. The summed E-state index contributed by atoms with van der Waals surface area (Å²) in [6.45, 7) is 1.14. The van der Waals surface area contributed by atoms with E-state index >= 15 is 0 Å². The average Bonchev–Trinajstić information content (AvgIpc) is 3.43. The van der Waals surface area contributed by atoms with Crippen LogP contribution in [0.15, 0.2) is 49.3 Å². The maximum absolute atomic E-state index is 5.99. The molecule has 5 aromatic rings. The van der Waals surface area contributed by atoms with Crippen molar-refractivity contribution in [2.45, 2.75) is 6.54 Å². The predicted molar refractivity (Wildman–Crippen MR) is 99.1 cm³/mol. The van der Waals surface area contributed by atoms with Gasteiger partial charge in [0, 0.05) is 30.4 Å². The summed E-state index contributed by atoms with van der Waals surface area (Å²) in [6.07, 6.45) is 8.90. The zero-order valence-corrected chi connectivity index (χ0v) is 14.6. The van der Waals surface area contributed by atoms with Gasteiger partial charge >= 0.3 is 0 Å². The van der Waals surface area contributed by atoms with E-state index in [1.54, 1.807) is 29.6 Å². The zero-order valence-electron chi connectivity index (χ0n) is 14.6. The molecule has 1 aromatic carbocycles. The van der Waals surface area contributed by atoms with E-state index in [-0.39, 0.29) is 0 Å². The number of hydrogen-bond donors (Lipinski definition) is 1. The van der Waals surface area contributed by atoms with Gasteiger partial charge in [-0.25, -0.2) is 9.97 Å². The van der Waals surface area contributed by atoms with Gasteiger partial charge in [-0.2, -0.15) is 15.2 Å². The molecule has 0 atom stereocenters. The number of fused-ring (bicyclic) bond motifs is 2. The molecule has 4 heterocycles. The lowest BCUT2D eigenvalue weighted by atomic mass is 10.1. The number of hydrogen-bond acceptors (Lipinski definition) is 6. The van der Waals surface area contributed by atoms with Crippen LogP contribution in [-0.2, 0) is 13.6 Å². The van der Waals surface area contributed by atoms with Crippen molar-refractivity contribution in [2.24, 2.45) is 7.05 Å². The zero-order chi connectivity index (χ0) is 18.2. The molecule has 9 nitrogen and oxygen atoms in total. The highest BCUT2D eigenvalue weighted by molar-refractivity contribution is 5.93. The molecule has 0 fully saturated rings.